The Bertz CT molecular complexity index is 609. The Hall–Kier alpha value is -1.92. The third-order valence-corrected chi connectivity index (χ3v) is 4.86. The molecule has 0 aliphatic carbocycles. The lowest BCUT2D eigenvalue weighted by atomic mass is 9.89. The number of piperidine rings is 1. The number of rotatable bonds is 6. The number of hydroxylamine groups is 2. The van der Waals surface area contributed by atoms with Crippen LogP contribution in [0.4, 0.5) is 0 Å². The van der Waals surface area contributed by atoms with E-state index >= 15 is 0 Å². The van der Waals surface area contributed by atoms with Crippen LogP contribution < -0.4 is 5.32 Å². The van der Waals surface area contributed by atoms with Crippen molar-refractivity contribution < 1.29 is 19.2 Å². The fourth-order valence-electron chi connectivity index (χ4n) is 3.28. The summed E-state index contributed by atoms with van der Waals surface area (Å²) in [5, 5.41) is 4.76. The molecule has 6 nitrogen and oxygen atoms in total. The molecule has 1 aromatic carbocycles. The molecule has 2 rings (SSSR count). The predicted molar refractivity (Wildman–Crippen MR) is 94.9 cm³/mol. The fourth-order valence-corrected chi connectivity index (χ4v) is 3.28. The summed E-state index contributed by atoms with van der Waals surface area (Å²) in [6.07, 6.45) is 1.81. The van der Waals surface area contributed by atoms with E-state index in [4.69, 9.17) is 9.57 Å². The smallest absolute Gasteiger partial charge is 0.328 e. The van der Waals surface area contributed by atoms with Crippen LogP contribution in [0.3, 0.4) is 0 Å². The molecule has 0 saturated carbocycles. The van der Waals surface area contributed by atoms with E-state index in [9.17, 15) is 9.59 Å². The van der Waals surface area contributed by atoms with Crippen LogP contribution in [-0.4, -0.2) is 50.3 Å². The number of nitrogens with one attached hydrogen (secondary N) is 1. The molecule has 1 unspecified atom stereocenters. The van der Waals surface area contributed by atoms with Gasteiger partial charge in [-0.25, -0.2) is 4.79 Å². The summed E-state index contributed by atoms with van der Waals surface area (Å²) >= 11 is 0. The number of amides is 1. The highest BCUT2D eigenvalue weighted by Gasteiger charge is 2.33. The van der Waals surface area contributed by atoms with E-state index in [2.05, 4.69) is 5.32 Å². The first-order valence-electron chi connectivity index (χ1n) is 8.67. The molecule has 1 fully saturated rings. The Morgan fingerprint density at radius 3 is 2.52 bits per heavy atom. The third-order valence-electron chi connectivity index (χ3n) is 4.86. The molecule has 1 atom stereocenters. The number of methoxy groups -OCH3 is 1. The summed E-state index contributed by atoms with van der Waals surface area (Å²) in [5.74, 6) is -0.482. The molecule has 0 spiro atoms. The van der Waals surface area contributed by atoms with Gasteiger partial charge in [0, 0.05) is 13.1 Å². The molecule has 1 aromatic rings. The molecule has 0 radical (unpaired) electrons. The first-order chi connectivity index (χ1) is 11.9. The van der Waals surface area contributed by atoms with Gasteiger partial charge in [-0.05, 0) is 43.7 Å². The molecule has 0 aromatic heterocycles. The summed E-state index contributed by atoms with van der Waals surface area (Å²) in [4.78, 5) is 29.9. The average Bonchev–Trinajstić information content (AvgIpc) is 2.62. The minimum absolute atomic E-state index is 0.0569. The average molecular weight is 348 g/mol. The minimum Gasteiger partial charge on any atom is -0.467 e. The van der Waals surface area contributed by atoms with E-state index < -0.39 is 6.04 Å². The number of hydrogen-bond donors (Lipinski definition) is 1. The number of benzene rings is 1. The first kappa shape index (κ1) is 19.4. The molecule has 6 heteroatoms. The number of carbonyl (C=O) groups excluding carboxylic acids is 2. The zero-order valence-corrected chi connectivity index (χ0v) is 15.5. The van der Waals surface area contributed by atoms with Crippen LogP contribution in [0.2, 0.25) is 0 Å². The molecule has 1 amide bonds. The molecule has 0 bridgehead atoms. The molecule has 1 aliphatic rings. The molecular formula is C19H28N2O4. The van der Waals surface area contributed by atoms with Gasteiger partial charge in [0.1, 0.15) is 6.04 Å². The highest BCUT2D eigenvalue weighted by atomic mass is 16.7. The van der Waals surface area contributed by atoms with E-state index in [0.29, 0.717) is 0 Å². The number of hydrogen-bond acceptors (Lipinski definition) is 5. The molecule has 25 heavy (non-hydrogen) atoms. The summed E-state index contributed by atoms with van der Waals surface area (Å²) in [6.45, 7) is 5.46. The van der Waals surface area contributed by atoms with E-state index in [0.717, 1.165) is 42.6 Å². The Balaban J connectivity index is 2.02. The highest BCUT2D eigenvalue weighted by Crippen LogP contribution is 2.22. The second kappa shape index (κ2) is 8.97. The zero-order valence-electron chi connectivity index (χ0n) is 15.5. The first-order valence-corrected chi connectivity index (χ1v) is 8.67. The van der Waals surface area contributed by atoms with Crippen LogP contribution in [0.1, 0.15) is 29.5 Å². The van der Waals surface area contributed by atoms with Gasteiger partial charge in [0.05, 0.1) is 20.6 Å². The largest absolute Gasteiger partial charge is 0.467 e. The van der Waals surface area contributed by atoms with Crippen molar-refractivity contribution in [3.05, 3.63) is 34.9 Å². The standard InChI is InChI=1S/C19H28N2O4/c1-13-5-6-14(2)16(11-13)12-17(22)20-18(19(23)24-3)15-7-9-21(25-4)10-8-15/h5-6,11,15,18H,7-10,12H2,1-4H3,(H,20,22). The lowest BCUT2D eigenvalue weighted by Crippen LogP contribution is -2.50. The van der Waals surface area contributed by atoms with Crippen molar-refractivity contribution in [2.24, 2.45) is 5.92 Å². The second-order valence-corrected chi connectivity index (χ2v) is 6.62. The van der Waals surface area contributed by atoms with E-state index in [1.165, 1.54) is 7.11 Å². The minimum atomic E-state index is -0.610. The van der Waals surface area contributed by atoms with Gasteiger partial charge in [-0.3, -0.25) is 4.79 Å². The lowest BCUT2D eigenvalue weighted by molar-refractivity contribution is -0.158. The summed E-state index contributed by atoms with van der Waals surface area (Å²) in [6, 6.07) is 5.44. The van der Waals surface area contributed by atoms with E-state index in [1.807, 2.05) is 37.1 Å². The third kappa shape index (κ3) is 5.28. The van der Waals surface area contributed by atoms with Crippen molar-refractivity contribution >= 4 is 11.9 Å². The van der Waals surface area contributed by atoms with Gasteiger partial charge < -0.3 is 14.9 Å². The number of esters is 1. The molecule has 1 aliphatic heterocycles. The molecular weight excluding hydrogens is 320 g/mol. The van der Waals surface area contributed by atoms with Crippen LogP contribution >= 0.6 is 0 Å². The monoisotopic (exact) mass is 348 g/mol. The van der Waals surface area contributed by atoms with Gasteiger partial charge >= 0.3 is 5.97 Å². The Kier molecular flexibility index (Phi) is 6.96. The molecule has 1 N–H and O–H groups in total. The van der Waals surface area contributed by atoms with Gasteiger partial charge in [0.15, 0.2) is 0 Å². The predicted octanol–water partition coefficient (Wildman–Crippen LogP) is 1.78. The summed E-state index contributed by atoms with van der Waals surface area (Å²) in [5.41, 5.74) is 3.17. The maximum atomic E-state index is 12.5. The number of ether oxygens (including phenoxy) is 1. The number of nitrogens with zero attached hydrogens (tertiary/aromatic N) is 1. The maximum absolute atomic E-state index is 12.5. The van der Waals surface area contributed by atoms with Crippen molar-refractivity contribution in [2.45, 2.75) is 39.2 Å². The molecule has 1 saturated heterocycles. The van der Waals surface area contributed by atoms with Crippen LogP contribution in [0.5, 0.6) is 0 Å². The van der Waals surface area contributed by atoms with Crippen molar-refractivity contribution in [1.29, 1.82) is 0 Å². The van der Waals surface area contributed by atoms with Crippen LogP contribution in [0.15, 0.2) is 18.2 Å². The van der Waals surface area contributed by atoms with E-state index in [-0.39, 0.29) is 24.2 Å². The molecule has 1 heterocycles. The van der Waals surface area contributed by atoms with Gasteiger partial charge in [0.25, 0.3) is 0 Å². The van der Waals surface area contributed by atoms with Crippen molar-refractivity contribution in [1.82, 2.24) is 10.4 Å². The van der Waals surface area contributed by atoms with Crippen LogP contribution in [0.25, 0.3) is 0 Å². The maximum Gasteiger partial charge on any atom is 0.328 e. The second-order valence-electron chi connectivity index (χ2n) is 6.62. The van der Waals surface area contributed by atoms with Crippen molar-refractivity contribution in [3.63, 3.8) is 0 Å². The van der Waals surface area contributed by atoms with Crippen molar-refractivity contribution in [3.8, 4) is 0 Å². The van der Waals surface area contributed by atoms with Crippen molar-refractivity contribution in [2.75, 3.05) is 27.3 Å². The topological polar surface area (TPSA) is 67.9 Å². The SMILES string of the molecule is COC(=O)C(NC(=O)Cc1cc(C)ccc1C)C1CCN(OC)CC1. The van der Waals surface area contributed by atoms with Crippen LogP contribution in [-0.2, 0) is 25.6 Å². The lowest BCUT2D eigenvalue weighted by Gasteiger charge is -2.33. The number of carbonyl (C=O) groups is 2. The summed E-state index contributed by atoms with van der Waals surface area (Å²) < 4.78 is 4.91. The molecule has 138 valence electrons. The quantitative estimate of drug-likeness (QED) is 0.794. The zero-order chi connectivity index (χ0) is 18.4. The summed E-state index contributed by atoms with van der Waals surface area (Å²) in [7, 11) is 3.00. The van der Waals surface area contributed by atoms with Crippen LogP contribution in [0, 0.1) is 19.8 Å². The van der Waals surface area contributed by atoms with Gasteiger partial charge in [-0.15, -0.1) is 0 Å². The van der Waals surface area contributed by atoms with E-state index in [1.54, 1.807) is 7.11 Å². The fraction of sp³-hybridized carbons (Fsp3) is 0.579. The normalized spacial score (nSPS) is 17.1. The Morgan fingerprint density at radius 2 is 1.92 bits per heavy atom. The highest BCUT2D eigenvalue weighted by molar-refractivity contribution is 5.86. The van der Waals surface area contributed by atoms with Gasteiger partial charge in [0.2, 0.25) is 5.91 Å². The Labute approximate surface area is 149 Å². The Morgan fingerprint density at radius 1 is 1.24 bits per heavy atom. The van der Waals surface area contributed by atoms with Gasteiger partial charge in [-0.1, -0.05) is 23.8 Å². The number of aryl methyl sites for hydroxylation is 2. The van der Waals surface area contributed by atoms with Gasteiger partial charge in [-0.2, -0.15) is 5.06 Å².